The largest absolute Gasteiger partial charge is 0.488 e. The molecule has 0 saturated carbocycles. The first kappa shape index (κ1) is 13.1. The van der Waals surface area contributed by atoms with Crippen molar-refractivity contribution < 1.29 is 15.0 Å². The van der Waals surface area contributed by atoms with Gasteiger partial charge in [0.1, 0.15) is 12.4 Å². The highest BCUT2D eigenvalue weighted by molar-refractivity contribution is 6.10. The summed E-state index contributed by atoms with van der Waals surface area (Å²) in [5.41, 5.74) is 2.57. The summed E-state index contributed by atoms with van der Waals surface area (Å²) in [5, 5.41) is 0. The fraction of sp³-hybridized carbons (Fsp3) is 0.0625. The second kappa shape index (κ2) is 5.50. The zero-order valence-corrected chi connectivity index (χ0v) is 10.3. The molecule has 3 heteroatoms. The summed E-state index contributed by atoms with van der Waals surface area (Å²) in [5.74, 6) is 0.659. The maximum Gasteiger partial charge on any atom is 0.189 e. The van der Waals surface area contributed by atoms with Gasteiger partial charge in [0.05, 0.1) is 5.56 Å². The van der Waals surface area contributed by atoms with Crippen molar-refractivity contribution in [3.63, 3.8) is 0 Å². The zero-order valence-electron chi connectivity index (χ0n) is 10.3. The Hall–Kier alpha value is -2.39. The molecule has 0 atom stereocenters. The highest BCUT2D eigenvalue weighted by atomic mass is 16.5. The van der Waals surface area contributed by atoms with Gasteiger partial charge < -0.3 is 10.2 Å². The normalized spacial score (nSPS) is 13.5. The first-order valence-corrected chi connectivity index (χ1v) is 5.87. The number of carbonyl (C=O) groups is 1. The quantitative estimate of drug-likeness (QED) is 0.785. The smallest absolute Gasteiger partial charge is 0.189 e. The maximum atomic E-state index is 12.1. The number of hydrogen-bond donors (Lipinski definition) is 0. The van der Waals surface area contributed by atoms with Gasteiger partial charge in [0.2, 0.25) is 0 Å². The van der Waals surface area contributed by atoms with Crippen LogP contribution in [0.5, 0.6) is 5.75 Å². The molecule has 2 aromatic carbocycles. The third-order valence-electron chi connectivity index (χ3n) is 2.99. The molecule has 0 amide bonds. The van der Waals surface area contributed by atoms with Crippen LogP contribution in [0, 0.1) is 0 Å². The third-order valence-corrected chi connectivity index (χ3v) is 2.99. The molecule has 96 valence electrons. The van der Waals surface area contributed by atoms with E-state index in [-0.39, 0.29) is 11.3 Å². The summed E-state index contributed by atoms with van der Waals surface area (Å²) in [7, 11) is 0. The van der Waals surface area contributed by atoms with Crippen LogP contribution in [0.4, 0.5) is 0 Å². The van der Waals surface area contributed by atoms with E-state index < -0.39 is 0 Å². The summed E-state index contributed by atoms with van der Waals surface area (Å²) in [6.45, 7) is 0.423. The molecule has 2 N–H and O–H groups in total. The van der Waals surface area contributed by atoms with Gasteiger partial charge >= 0.3 is 0 Å². The molecule has 19 heavy (non-hydrogen) atoms. The predicted octanol–water partition coefficient (Wildman–Crippen LogP) is 2.52. The Morgan fingerprint density at radius 2 is 1.58 bits per heavy atom. The van der Waals surface area contributed by atoms with Crippen LogP contribution in [-0.2, 0) is 0 Å². The Balaban J connectivity index is 0.00000133. The van der Waals surface area contributed by atoms with Crippen LogP contribution in [0.2, 0.25) is 0 Å². The summed E-state index contributed by atoms with van der Waals surface area (Å²) in [4.78, 5) is 12.1. The molecule has 2 aromatic rings. The van der Waals surface area contributed by atoms with E-state index in [1.165, 1.54) is 0 Å². The molecule has 1 heterocycles. The van der Waals surface area contributed by atoms with E-state index in [9.17, 15) is 4.79 Å². The molecule has 1 aliphatic rings. The number of hydrogen-bond acceptors (Lipinski definition) is 2. The monoisotopic (exact) mass is 254 g/mol. The Bertz CT molecular complexity index is 615. The van der Waals surface area contributed by atoms with Gasteiger partial charge in [-0.3, -0.25) is 4.79 Å². The minimum absolute atomic E-state index is 0. The van der Waals surface area contributed by atoms with Crippen LogP contribution in [-0.4, -0.2) is 17.9 Å². The topological polar surface area (TPSA) is 57.8 Å². The summed E-state index contributed by atoms with van der Waals surface area (Å²) >= 11 is 0. The molecule has 0 fully saturated rings. The fourth-order valence-electron chi connectivity index (χ4n) is 2.05. The van der Waals surface area contributed by atoms with E-state index in [4.69, 9.17) is 4.74 Å². The van der Waals surface area contributed by atoms with Gasteiger partial charge in [-0.2, -0.15) is 0 Å². The summed E-state index contributed by atoms with van der Waals surface area (Å²) in [6, 6.07) is 17.2. The van der Waals surface area contributed by atoms with Crippen LogP contribution < -0.4 is 4.74 Å². The van der Waals surface area contributed by atoms with Crippen LogP contribution in [0.3, 0.4) is 0 Å². The summed E-state index contributed by atoms with van der Waals surface area (Å²) in [6.07, 6.45) is 1.67. The highest BCUT2D eigenvalue weighted by Gasteiger charge is 2.16. The van der Waals surface area contributed by atoms with Crippen LogP contribution in [0.15, 0.2) is 60.7 Å². The lowest BCUT2D eigenvalue weighted by molar-refractivity contribution is 0.104. The second-order valence-corrected chi connectivity index (χ2v) is 4.18. The highest BCUT2D eigenvalue weighted by Crippen LogP contribution is 2.26. The SMILES string of the molecule is O.O=C1C=C(c2ccccc2)COc2ccccc21. The van der Waals surface area contributed by atoms with Crippen LogP contribution >= 0.6 is 0 Å². The van der Waals surface area contributed by atoms with E-state index in [1.807, 2.05) is 48.5 Å². The number of carbonyl (C=O) groups excluding carboxylic acids is 1. The van der Waals surface area contributed by atoms with Crippen molar-refractivity contribution in [2.24, 2.45) is 0 Å². The predicted molar refractivity (Wildman–Crippen MR) is 74.3 cm³/mol. The van der Waals surface area contributed by atoms with Gasteiger partial charge in [-0.05, 0) is 23.8 Å². The van der Waals surface area contributed by atoms with Gasteiger partial charge in [-0.25, -0.2) is 0 Å². The average Bonchev–Trinajstić information content (AvgIpc) is 2.60. The molecule has 0 aliphatic carbocycles. The molecule has 0 unspecified atom stereocenters. The van der Waals surface area contributed by atoms with Crippen molar-refractivity contribution in [2.75, 3.05) is 6.61 Å². The molecule has 3 nitrogen and oxygen atoms in total. The van der Waals surface area contributed by atoms with Crippen molar-refractivity contribution in [1.29, 1.82) is 0 Å². The van der Waals surface area contributed by atoms with E-state index in [0.717, 1.165) is 11.1 Å². The zero-order chi connectivity index (χ0) is 12.4. The number of benzene rings is 2. The molecule has 0 spiro atoms. The van der Waals surface area contributed by atoms with Crippen molar-refractivity contribution in [1.82, 2.24) is 0 Å². The second-order valence-electron chi connectivity index (χ2n) is 4.18. The lowest BCUT2D eigenvalue weighted by atomic mass is 10.0. The van der Waals surface area contributed by atoms with Gasteiger partial charge in [-0.15, -0.1) is 0 Å². The molecule has 3 rings (SSSR count). The number of ketones is 1. The van der Waals surface area contributed by atoms with Crippen LogP contribution in [0.1, 0.15) is 15.9 Å². The van der Waals surface area contributed by atoms with Crippen molar-refractivity contribution in [3.8, 4) is 5.75 Å². The molecule has 0 bridgehead atoms. The van der Waals surface area contributed by atoms with Gasteiger partial charge in [0.25, 0.3) is 0 Å². The third kappa shape index (κ3) is 2.56. The number of allylic oxidation sites excluding steroid dienone is 1. The van der Waals surface area contributed by atoms with E-state index in [2.05, 4.69) is 0 Å². The first-order valence-electron chi connectivity index (χ1n) is 5.87. The molecular formula is C16H14O3. The molecule has 0 aromatic heterocycles. The van der Waals surface area contributed by atoms with Crippen molar-refractivity contribution >= 4 is 11.4 Å². The lowest BCUT2D eigenvalue weighted by Crippen LogP contribution is -1.99. The minimum atomic E-state index is 0. The lowest BCUT2D eigenvalue weighted by Gasteiger charge is -2.07. The van der Waals surface area contributed by atoms with Gasteiger partial charge in [0.15, 0.2) is 5.78 Å². The molecule has 0 radical (unpaired) electrons. The number of rotatable bonds is 1. The number of ether oxygens (including phenoxy) is 1. The van der Waals surface area contributed by atoms with Gasteiger partial charge in [0, 0.05) is 5.57 Å². The Kier molecular flexibility index (Phi) is 3.78. The Labute approximate surface area is 111 Å². The van der Waals surface area contributed by atoms with E-state index in [1.54, 1.807) is 12.1 Å². The minimum Gasteiger partial charge on any atom is -0.488 e. The standard InChI is InChI=1S/C16H12O2.H2O/c17-15-10-13(12-6-2-1-3-7-12)11-18-16-9-5-4-8-14(15)16;/h1-10H,11H2;1H2. The average molecular weight is 254 g/mol. The van der Waals surface area contributed by atoms with E-state index >= 15 is 0 Å². The number of para-hydroxylation sites is 1. The first-order chi connectivity index (χ1) is 8.84. The fourth-order valence-corrected chi connectivity index (χ4v) is 2.05. The molecule has 0 saturated heterocycles. The van der Waals surface area contributed by atoms with Crippen molar-refractivity contribution in [3.05, 3.63) is 71.8 Å². The van der Waals surface area contributed by atoms with Gasteiger partial charge in [-0.1, -0.05) is 42.5 Å². The maximum absolute atomic E-state index is 12.1. The van der Waals surface area contributed by atoms with E-state index in [0.29, 0.717) is 17.9 Å². The summed E-state index contributed by atoms with van der Waals surface area (Å²) < 4.78 is 5.70. The number of fused-ring (bicyclic) bond motifs is 1. The van der Waals surface area contributed by atoms with Crippen molar-refractivity contribution in [2.45, 2.75) is 0 Å². The molecular weight excluding hydrogens is 240 g/mol. The Morgan fingerprint density at radius 1 is 0.895 bits per heavy atom. The van der Waals surface area contributed by atoms with Crippen LogP contribution in [0.25, 0.3) is 5.57 Å². The molecule has 1 aliphatic heterocycles. The Morgan fingerprint density at radius 3 is 2.37 bits per heavy atom.